The Morgan fingerprint density at radius 1 is 1.19 bits per heavy atom. The van der Waals surface area contributed by atoms with Crippen LogP contribution in [0.2, 0.25) is 0 Å². The topological polar surface area (TPSA) is 106 Å². The maximum Gasteiger partial charge on any atom is 0.439 e. The number of hydrogen-bond acceptors (Lipinski definition) is 6. The van der Waals surface area contributed by atoms with Crippen LogP contribution in [0.15, 0.2) is 51.8 Å². The normalized spacial score (nSPS) is 11.2. The molecule has 0 unspecified atom stereocenters. The van der Waals surface area contributed by atoms with Gasteiger partial charge in [-0.25, -0.2) is 4.79 Å². The zero-order valence-corrected chi connectivity index (χ0v) is 16.3. The van der Waals surface area contributed by atoms with Crippen LogP contribution < -0.4 is 20.5 Å². The first-order valence-electron chi connectivity index (χ1n) is 9.06. The predicted octanol–water partition coefficient (Wildman–Crippen LogP) is 3.55. The Morgan fingerprint density at radius 2 is 2.00 bits per heavy atom. The zero-order chi connectivity index (χ0) is 22.4. The fourth-order valence-corrected chi connectivity index (χ4v) is 2.73. The van der Waals surface area contributed by atoms with Crippen LogP contribution in [-0.2, 0) is 11.2 Å². The number of halogens is 3. The molecule has 0 saturated heterocycles. The lowest BCUT2D eigenvalue weighted by molar-refractivity contribution is -0.153. The standard InChI is InChI=1S/C20H18F3N3O5/c1-29-16-9-12(5-7-15(16)30-11-20(21,22)23)6-8-17(27)24-14-4-2-3-13(10-14)18-25-19(28)31-26-18/h2-5,7,9-10H,6,8,11H2,1H3,(H,24,27)(H,25,26,28). The smallest absolute Gasteiger partial charge is 0.439 e. The largest absolute Gasteiger partial charge is 0.493 e. The number of carbonyl (C=O) groups is 1. The molecule has 2 aromatic carbocycles. The van der Waals surface area contributed by atoms with E-state index in [9.17, 15) is 22.8 Å². The molecule has 0 radical (unpaired) electrons. The van der Waals surface area contributed by atoms with Gasteiger partial charge in [0.25, 0.3) is 0 Å². The van der Waals surface area contributed by atoms with Gasteiger partial charge in [-0.05, 0) is 36.2 Å². The first-order valence-corrected chi connectivity index (χ1v) is 9.06. The lowest BCUT2D eigenvalue weighted by Crippen LogP contribution is -2.19. The van der Waals surface area contributed by atoms with Crippen LogP contribution in [0.5, 0.6) is 11.5 Å². The fraction of sp³-hybridized carbons (Fsp3) is 0.250. The molecule has 1 aromatic heterocycles. The third kappa shape index (κ3) is 6.36. The highest BCUT2D eigenvalue weighted by Crippen LogP contribution is 2.30. The number of methoxy groups -OCH3 is 1. The second kappa shape index (κ2) is 9.37. The molecule has 2 N–H and O–H groups in total. The van der Waals surface area contributed by atoms with Crippen LogP contribution in [0.25, 0.3) is 11.4 Å². The Balaban J connectivity index is 1.59. The molecule has 31 heavy (non-hydrogen) atoms. The number of ether oxygens (including phenoxy) is 2. The van der Waals surface area contributed by atoms with Gasteiger partial charge in [-0.3, -0.25) is 14.3 Å². The van der Waals surface area contributed by atoms with E-state index >= 15 is 0 Å². The van der Waals surface area contributed by atoms with Crippen molar-refractivity contribution in [1.29, 1.82) is 0 Å². The summed E-state index contributed by atoms with van der Waals surface area (Å²) in [4.78, 5) is 25.8. The van der Waals surface area contributed by atoms with Gasteiger partial charge in [0.05, 0.1) is 7.11 Å². The Labute approximate surface area is 174 Å². The number of nitrogens with zero attached hydrogens (tertiary/aromatic N) is 1. The highest BCUT2D eigenvalue weighted by Gasteiger charge is 2.29. The fourth-order valence-electron chi connectivity index (χ4n) is 2.73. The minimum Gasteiger partial charge on any atom is -0.493 e. The third-order valence-corrected chi connectivity index (χ3v) is 4.12. The molecule has 0 saturated carbocycles. The van der Waals surface area contributed by atoms with Gasteiger partial charge in [0.1, 0.15) is 0 Å². The van der Waals surface area contributed by atoms with Crippen molar-refractivity contribution in [3.05, 3.63) is 58.6 Å². The molecule has 11 heteroatoms. The maximum atomic E-state index is 12.3. The van der Waals surface area contributed by atoms with Crippen LogP contribution in [0.4, 0.5) is 18.9 Å². The van der Waals surface area contributed by atoms with E-state index < -0.39 is 18.5 Å². The summed E-state index contributed by atoms with van der Waals surface area (Å²) in [7, 11) is 1.32. The molecular formula is C20H18F3N3O5. The number of benzene rings is 2. The summed E-state index contributed by atoms with van der Waals surface area (Å²) in [6, 6.07) is 11.2. The number of anilines is 1. The molecule has 1 amide bonds. The third-order valence-electron chi connectivity index (χ3n) is 4.12. The van der Waals surface area contributed by atoms with Crippen LogP contribution in [0, 0.1) is 0 Å². The number of aromatic amines is 1. The lowest BCUT2D eigenvalue weighted by atomic mass is 10.1. The van der Waals surface area contributed by atoms with E-state index in [-0.39, 0.29) is 29.7 Å². The predicted molar refractivity (Wildman–Crippen MR) is 104 cm³/mol. The summed E-state index contributed by atoms with van der Waals surface area (Å²) >= 11 is 0. The Hall–Kier alpha value is -3.76. The molecule has 3 aromatic rings. The Morgan fingerprint density at radius 3 is 2.68 bits per heavy atom. The second-order valence-corrected chi connectivity index (χ2v) is 6.46. The second-order valence-electron chi connectivity index (χ2n) is 6.46. The number of hydrogen-bond donors (Lipinski definition) is 2. The first-order chi connectivity index (χ1) is 14.7. The van der Waals surface area contributed by atoms with E-state index in [1.807, 2.05) is 0 Å². The van der Waals surface area contributed by atoms with Crippen LogP contribution >= 0.6 is 0 Å². The first kappa shape index (κ1) is 21.9. The monoisotopic (exact) mass is 437 g/mol. The average molecular weight is 437 g/mol. The Bertz CT molecular complexity index is 1110. The molecule has 0 aliphatic rings. The van der Waals surface area contributed by atoms with Gasteiger partial charge in [-0.15, -0.1) is 0 Å². The number of H-pyrrole nitrogens is 1. The number of aromatic nitrogens is 2. The molecule has 3 rings (SSSR count). The summed E-state index contributed by atoms with van der Waals surface area (Å²) in [6.07, 6.45) is -4.00. The molecule has 0 bridgehead atoms. The van der Waals surface area contributed by atoms with Crippen molar-refractivity contribution in [1.82, 2.24) is 10.1 Å². The van der Waals surface area contributed by atoms with Crippen LogP contribution in [0.3, 0.4) is 0 Å². The molecule has 164 valence electrons. The molecule has 1 heterocycles. The highest BCUT2D eigenvalue weighted by molar-refractivity contribution is 5.91. The maximum absolute atomic E-state index is 12.3. The van der Waals surface area contributed by atoms with Crippen molar-refractivity contribution >= 4 is 11.6 Å². The molecule has 0 aliphatic carbocycles. The molecule has 0 fully saturated rings. The van der Waals surface area contributed by atoms with Gasteiger partial charge in [0, 0.05) is 17.7 Å². The van der Waals surface area contributed by atoms with Gasteiger partial charge in [-0.1, -0.05) is 23.4 Å². The lowest BCUT2D eigenvalue weighted by Gasteiger charge is -2.13. The van der Waals surface area contributed by atoms with Crippen LogP contribution in [0.1, 0.15) is 12.0 Å². The number of rotatable bonds is 8. The Kier molecular flexibility index (Phi) is 6.63. The van der Waals surface area contributed by atoms with Crippen molar-refractivity contribution < 1.29 is 32.0 Å². The summed E-state index contributed by atoms with van der Waals surface area (Å²) in [6.45, 7) is -1.42. The van der Waals surface area contributed by atoms with Gasteiger partial charge in [0.2, 0.25) is 5.91 Å². The quantitative estimate of drug-likeness (QED) is 0.558. The van der Waals surface area contributed by atoms with E-state index in [0.717, 1.165) is 0 Å². The number of carbonyl (C=O) groups excluding carboxylic acids is 1. The SMILES string of the molecule is COc1cc(CCC(=O)Nc2cccc(-c3noc(=O)[nH]3)c2)ccc1OCC(F)(F)F. The van der Waals surface area contributed by atoms with Crippen molar-refractivity contribution in [3.8, 4) is 22.9 Å². The zero-order valence-electron chi connectivity index (χ0n) is 16.3. The molecule has 0 atom stereocenters. The number of nitrogens with one attached hydrogen (secondary N) is 2. The minimum atomic E-state index is -4.46. The van der Waals surface area contributed by atoms with E-state index in [1.54, 1.807) is 30.3 Å². The minimum absolute atomic E-state index is 0.0317. The van der Waals surface area contributed by atoms with Gasteiger partial charge >= 0.3 is 11.9 Å². The summed E-state index contributed by atoms with van der Waals surface area (Å²) < 4.78 is 51.3. The molecular weight excluding hydrogens is 419 g/mol. The van der Waals surface area contributed by atoms with E-state index in [0.29, 0.717) is 23.2 Å². The van der Waals surface area contributed by atoms with Crippen molar-refractivity contribution in [3.63, 3.8) is 0 Å². The van der Waals surface area contributed by atoms with Crippen molar-refractivity contribution in [2.24, 2.45) is 0 Å². The van der Waals surface area contributed by atoms with Crippen molar-refractivity contribution in [2.45, 2.75) is 19.0 Å². The van der Waals surface area contributed by atoms with Gasteiger partial charge < -0.3 is 14.8 Å². The van der Waals surface area contributed by atoms with Crippen molar-refractivity contribution in [2.75, 3.05) is 19.0 Å². The van der Waals surface area contributed by atoms with Gasteiger partial charge in [0.15, 0.2) is 23.9 Å². The highest BCUT2D eigenvalue weighted by atomic mass is 19.4. The number of amides is 1. The van der Waals surface area contributed by atoms with Gasteiger partial charge in [-0.2, -0.15) is 13.2 Å². The molecule has 0 aliphatic heterocycles. The van der Waals surface area contributed by atoms with E-state index in [4.69, 9.17) is 9.47 Å². The molecule has 8 nitrogen and oxygen atoms in total. The van der Waals surface area contributed by atoms with E-state index in [2.05, 4.69) is 20.0 Å². The molecule has 0 spiro atoms. The number of aryl methyl sites for hydroxylation is 1. The van der Waals surface area contributed by atoms with E-state index in [1.165, 1.54) is 19.2 Å². The number of alkyl halides is 3. The van der Waals surface area contributed by atoms with Crippen LogP contribution in [-0.4, -0.2) is 35.9 Å². The summed E-state index contributed by atoms with van der Waals surface area (Å²) in [5.74, 6) is -0.606. The average Bonchev–Trinajstić information content (AvgIpc) is 3.17. The summed E-state index contributed by atoms with van der Waals surface area (Å²) in [5.41, 5.74) is 1.75. The summed E-state index contributed by atoms with van der Waals surface area (Å²) in [5, 5.41) is 6.33.